The molecule has 132 valence electrons. The number of aliphatic hydroxyl groups is 1. The Labute approximate surface area is 143 Å². The van der Waals surface area contributed by atoms with Gasteiger partial charge in [-0.3, -0.25) is 0 Å². The van der Waals surface area contributed by atoms with Crippen LogP contribution in [0.2, 0.25) is 0 Å². The van der Waals surface area contributed by atoms with E-state index in [2.05, 4.69) is 0 Å². The lowest BCUT2D eigenvalue weighted by molar-refractivity contribution is 0.114. The van der Waals surface area contributed by atoms with Gasteiger partial charge in [0.05, 0.1) is 5.56 Å². The molecule has 0 amide bonds. The standard InChI is InChI=1S/C18H19NO6/c1-9-16(21)10(2)18(22)25-17(9)15-6-11-5-13(3-4-14(11)24-15)23-8-12(20)7-19/h3-6,12,20-21H,7-8,19H2,1-2H3. The number of nitrogens with two attached hydrogens (primary N) is 1. The number of benzene rings is 1. The molecule has 2 aromatic heterocycles. The molecule has 0 aliphatic heterocycles. The number of ether oxygens (including phenoxy) is 1. The minimum atomic E-state index is -0.733. The second kappa shape index (κ2) is 6.62. The van der Waals surface area contributed by atoms with Crippen LogP contribution in [0.25, 0.3) is 22.5 Å². The number of fused-ring (bicyclic) bond motifs is 1. The Morgan fingerprint density at radius 1 is 1.20 bits per heavy atom. The van der Waals surface area contributed by atoms with Crippen LogP contribution in [0.3, 0.4) is 0 Å². The molecule has 0 saturated heterocycles. The van der Waals surface area contributed by atoms with Gasteiger partial charge in [0.25, 0.3) is 0 Å². The van der Waals surface area contributed by atoms with Crippen LogP contribution in [0.4, 0.5) is 0 Å². The number of rotatable bonds is 5. The van der Waals surface area contributed by atoms with Gasteiger partial charge in [-0.2, -0.15) is 0 Å². The van der Waals surface area contributed by atoms with Crippen molar-refractivity contribution in [1.82, 2.24) is 0 Å². The first kappa shape index (κ1) is 17.1. The topological polar surface area (TPSA) is 119 Å². The summed E-state index contributed by atoms with van der Waals surface area (Å²) in [6, 6.07) is 6.85. The molecule has 0 aliphatic rings. The molecule has 7 nitrogen and oxygen atoms in total. The van der Waals surface area contributed by atoms with Gasteiger partial charge in [-0.05, 0) is 38.1 Å². The molecule has 3 rings (SSSR count). The van der Waals surface area contributed by atoms with E-state index in [1.54, 1.807) is 31.2 Å². The van der Waals surface area contributed by atoms with E-state index in [4.69, 9.17) is 19.3 Å². The average Bonchev–Trinajstić information content (AvgIpc) is 3.03. The number of aliphatic hydroxyl groups excluding tert-OH is 1. The maximum absolute atomic E-state index is 11.8. The normalized spacial score (nSPS) is 12.5. The first-order valence-corrected chi connectivity index (χ1v) is 7.79. The van der Waals surface area contributed by atoms with Gasteiger partial charge in [0.2, 0.25) is 0 Å². The summed E-state index contributed by atoms with van der Waals surface area (Å²) >= 11 is 0. The molecule has 0 bridgehead atoms. The van der Waals surface area contributed by atoms with E-state index in [1.807, 2.05) is 0 Å². The van der Waals surface area contributed by atoms with E-state index in [-0.39, 0.29) is 30.2 Å². The van der Waals surface area contributed by atoms with Gasteiger partial charge >= 0.3 is 5.63 Å². The lowest BCUT2D eigenvalue weighted by Crippen LogP contribution is -2.26. The fraction of sp³-hybridized carbons (Fsp3) is 0.278. The molecule has 4 N–H and O–H groups in total. The van der Waals surface area contributed by atoms with Crippen molar-refractivity contribution in [3.8, 4) is 23.0 Å². The van der Waals surface area contributed by atoms with Crippen LogP contribution in [0.5, 0.6) is 11.5 Å². The molecular weight excluding hydrogens is 326 g/mol. The summed E-state index contributed by atoms with van der Waals surface area (Å²) in [6.45, 7) is 3.35. The fourth-order valence-electron chi connectivity index (χ4n) is 2.45. The average molecular weight is 345 g/mol. The maximum Gasteiger partial charge on any atom is 0.343 e. The highest BCUT2D eigenvalue weighted by Gasteiger charge is 2.18. The number of hydrogen-bond acceptors (Lipinski definition) is 7. The Hall–Kier alpha value is -2.77. The van der Waals surface area contributed by atoms with Crippen molar-refractivity contribution in [2.75, 3.05) is 13.2 Å². The van der Waals surface area contributed by atoms with Crippen LogP contribution in [-0.2, 0) is 0 Å². The Bertz CT molecular complexity index is 972. The molecule has 0 saturated carbocycles. The predicted molar refractivity (Wildman–Crippen MR) is 91.9 cm³/mol. The van der Waals surface area contributed by atoms with Crippen molar-refractivity contribution in [2.45, 2.75) is 20.0 Å². The van der Waals surface area contributed by atoms with Gasteiger partial charge in [-0.15, -0.1) is 0 Å². The summed E-state index contributed by atoms with van der Waals surface area (Å²) in [7, 11) is 0. The van der Waals surface area contributed by atoms with E-state index >= 15 is 0 Å². The highest BCUT2D eigenvalue weighted by molar-refractivity contribution is 5.83. The van der Waals surface area contributed by atoms with Crippen LogP contribution in [0.1, 0.15) is 11.1 Å². The Kier molecular flexibility index (Phi) is 4.52. The van der Waals surface area contributed by atoms with Gasteiger partial charge in [0, 0.05) is 17.5 Å². The van der Waals surface area contributed by atoms with Crippen LogP contribution in [0.15, 0.2) is 37.9 Å². The van der Waals surface area contributed by atoms with Crippen molar-refractivity contribution in [3.05, 3.63) is 45.8 Å². The van der Waals surface area contributed by atoms with Crippen molar-refractivity contribution in [3.63, 3.8) is 0 Å². The van der Waals surface area contributed by atoms with Gasteiger partial charge in [-0.1, -0.05) is 0 Å². The highest BCUT2D eigenvalue weighted by atomic mass is 16.5. The molecule has 1 atom stereocenters. The molecule has 1 unspecified atom stereocenters. The monoisotopic (exact) mass is 345 g/mol. The molecule has 3 aromatic rings. The van der Waals surface area contributed by atoms with Gasteiger partial charge < -0.3 is 29.5 Å². The van der Waals surface area contributed by atoms with E-state index in [0.717, 1.165) is 5.39 Å². The summed E-state index contributed by atoms with van der Waals surface area (Å²) in [6.07, 6.45) is -0.733. The first-order chi connectivity index (χ1) is 11.9. The third-order valence-electron chi connectivity index (χ3n) is 3.98. The zero-order valence-electron chi connectivity index (χ0n) is 13.9. The van der Waals surface area contributed by atoms with E-state index < -0.39 is 11.7 Å². The van der Waals surface area contributed by atoms with E-state index in [9.17, 15) is 15.0 Å². The Morgan fingerprint density at radius 2 is 1.96 bits per heavy atom. The largest absolute Gasteiger partial charge is 0.507 e. The van der Waals surface area contributed by atoms with Gasteiger partial charge in [-0.25, -0.2) is 4.79 Å². The summed E-state index contributed by atoms with van der Waals surface area (Å²) in [4.78, 5) is 11.8. The molecule has 0 spiro atoms. The molecule has 7 heteroatoms. The SMILES string of the molecule is Cc1c(-c2cc3cc(OCC(O)CN)ccc3o2)oc(=O)c(C)c1O. The van der Waals surface area contributed by atoms with Crippen LogP contribution < -0.4 is 16.1 Å². The van der Waals surface area contributed by atoms with Crippen molar-refractivity contribution in [1.29, 1.82) is 0 Å². The van der Waals surface area contributed by atoms with Gasteiger partial charge in [0.15, 0.2) is 11.5 Å². The number of hydrogen-bond donors (Lipinski definition) is 3. The summed E-state index contributed by atoms with van der Waals surface area (Å²) in [5, 5.41) is 20.2. The predicted octanol–water partition coefficient (Wildman–Crippen LogP) is 2.07. The van der Waals surface area contributed by atoms with Gasteiger partial charge in [0.1, 0.15) is 29.8 Å². The van der Waals surface area contributed by atoms with E-state index in [0.29, 0.717) is 22.7 Å². The molecule has 25 heavy (non-hydrogen) atoms. The van der Waals surface area contributed by atoms with Crippen molar-refractivity contribution < 1.29 is 23.8 Å². The molecule has 2 heterocycles. The van der Waals surface area contributed by atoms with Crippen molar-refractivity contribution in [2.24, 2.45) is 5.73 Å². The zero-order chi connectivity index (χ0) is 18.1. The third kappa shape index (κ3) is 3.24. The second-order valence-electron chi connectivity index (χ2n) is 5.83. The van der Waals surface area contributed by atoms with E-state index in [1.165, 1.54) is 6.92 Å². The summed E-state index contributed by atoms with van der Waals surface area (Å²) in [5.74, 6) is 0.966. The lowest BCUT2D eigenvalue weighted by Gasteiger charge is -2.09. The highest BCUT2D eigenvalue weighted by Crippen LogP contribution is 2.34. The first-order valence-electron chi connectivity index (χ1n) is 7.79. The third-order valence-corrected chi connectivity index (χ3v) is 3.98. The fourth-order valence-corrected chi connectivity index (χ4v) is 2.45. The minimum absolute atomic E-state index is 0.0898. The molecule has 0 fully saturated rings. The quantitative estimate of drug-likeness (QED) is 0.647. The Morgan fingerprint density at radius 3 is 2.68 bits per heavy atom. The summed E-state index contributed by atoms with van der Waals surface area (Å²) < 4.78 is 16.5. The molecule has 0 aliphatic carbocycles. The number of furan rings is 1. The summed E-state index contributed by atoms with van der Waals surface area (Å²) in [5.41, 5.74) is 5.89. The lowest BCUT2D eigenvalue weighted by atomic mass is 10.1. The van der Waals surface area contributed by atoms with Crippen LogP contribution in [0, 0.1) is 13.8 Å². The smallest absolute Gasteiger partial charge is 0.343 e. The zero-order valence-corrected chi connectivity index (χ0v) is 13.9. The van der Waals surface area contributed by atoms with Crippen LogP contribution >= 0.6 is 0 Å². The maximum atomic E-state index is 11.8. The minimum Gasteiger partial charge on any atom is -0.507 e. The second-order valence-corrected chi connectivity index (χ2v) is 5.83. The molecule has 0 radical (unpaired) electrons. The Balaban J connectivity index is 1.98. The van der Waals surface area contributed by atoms with Crippen LogP contribution in [-0.4, -0.2) is 29.5 Å². The van der Waals surface area contributed by atoms with Crippen molar-refractivity contribution >= 4 is 11.0 Å². The molecule has 1 aromatic carbocycles. The number of aromatic hydroxyl groups is 1. The molecular formula is C18H19NO6.